The van der Waals surface area contributed by atoms with Gasteiger partial charge in [-0.1, -0.05) is 134 Å². The van der Waals surface area contributed by atoms with Gasteiger partial charge in [0.15, 0.2) is 0 Å². The van der Waals surface area contributed by atoms with Crippen molar-refractivity contribution in [3.05, 3.63) is 114 Å². The maximum Gasteiger partial charge on any atom is 0.128 e. The molecule has 3 aromatic rings. The zero-order chi connectivity index (χ0) is 33.4. The van der Waals surface area contributed by atoms with Gasteiger partial charge < -0.3 is 9.47 Å². The van der Waals surface area contributed by atoms with Gasteiger partial charge in [0.1, 0.15) is 18.1 Å². The van der Waals surface area contributed by atoms with Gasteiger partial charge in [0.25, 0.3) is 0 Å². The summed E-state index contributed by atoms with van der Waals surface area (Å²) in [6.07, 6.45) is 16.1. The predicted octanol–water partition coefficient (Wildman–Crippen LogP) is 12.4. The van der Waals surface area contributed by atoms with Crippen LogP contribution in [0, 0.1) is 17.3 Å². The van der Waals surface area contributed by atoms with E-state index >= 15 is 0 Å². The lowest BCUT2D eigenvalue weighted by atomic mass is 9.77. The van der Waals surface area contributed by atoms with Gasteiger partial charge in [0.05, 0.1) is 18.4 Å². The first-order valence-electron chi connectivity index (χ1n) is 17.5. The molecular formula is C43H57NO2. The number of ether oxygens (including phenoxy) is 2. The fourth-order valence-corrected chi connectivity index (χ4v) is 5.94. The van der Waals surface area contributed by atoms with Gasteiger partial charge in [0, 0.05) is 11.0 Å². The average molecular weight is 620 g/mol. The van der Waals surface area contributed by atoms with Gasteiger partial charge >= 0.3 is 0 Å². The summed E-state index contributed by atoms with van der Waals surface area (Å²) in [6, 6.07) is 25.0. The normalized spacial score (nSPS) is 13.2. The molecule has 0 saturated carbocycles. The first kappa shape index (κ1) is 36.7. The van der Waals surface area contributed by atoms with Crippen molar-refractivity contribution in [2.24, 2.45) is 22.2 Å². The Balaban J connectivity index is 2.14. The van der Waals surface area contributed by atoms with Crippen LogP contribution in [0.1, 0.15) is 110 Å². The fraction of sp³-hybridized carbons (Fsp3) is 0.442. The Morgan fingerprint density at radius 1 is 0.870 bits per heavy atom. The molecule has 0 heterocycles. The molecule has 0 spiro atoms. The third kappa shape index (κ3) is 10.1. The second-order valence-electron chi connectivity index (χ2n) is 12.7. The van der Waals surface area contributed by atoms with E-state index < -0.39 is 0 Å². The molecule has 246 valence electrons. The summed E-state index contributed by atoms with van der Waals surface area (Å²) in [6.45, 7) is 16.4. The zero-order valence-corrected chi connectivity index (χ0v) is 29.7. The lowest BCUT2D eigenvalue weighted by molar-refractivity contribution is 0.183. The first-order chi connectivity index (χ1) is 22.3. The maximum absolute atomic E-state index is 6.80. The number of para-hydroxylation sites is 1. The van der Waals surface area contributed by atoms with Crippen LogP contribution in [0.15, 0.2) is 102 Å². The monoisotopic (exact) mass is 619 g/mol. The number of unbranched alkanes of at least 4 members (excludes halogenated alkanes) is 1. The standard InChI is InChI=1S/C43H57NO2/c1-9-13-19-35(12-4)34(7)36-22-24-37(25-23-36)41(31-44-38-20-17-16-18-21-38)40-30-39(45-8)26-27-42(40)46-32-43(33(5)6,28-14-10-2)29-15-11-3/h14-18,20-30,33-35H,9-13,19,32H2,1-8H3/b28-14-,29-15-. The predicted molar refractivity (Wildman–Crippen MR) is 199 cm³/mol. The minimum absolute atomic E-state index is 0.226. The van der Waals surface area contributed by atoms with Crippen molar-refractivity contribution in [2.75, 3.05) is 13.7 Å². The Bertz CT molecular complexity index is 1430. The van der Waals surface area contributed by atoms with Crippen molar-refractivity contribution in [2.45, 2.75) is 92.9 Å². The minimum Gasteiger partial charge on any atom is -0.497 e. The number of methoxy groups -OCH3 is 1. The lowest BCUT2D eigenvalue weighted by Crippen LogP contribution is -2.30. The third-order valence-electron chi connectivity index (χ3n) is 9.27. The molecule has 3 nitrogen and oxygen atoms in total. The van der Waals surface area contributed by atoms with Crippen molar-refractivity contribution in [3.63, 3.8) is 0 Å². The van der Waals surface area contributed by atoms with Crippen LogP contribution in [0.25, 0.3) is 5.57 Å². The Kier molecular flexibility index (Phi) is 15.1. The molecule has 3 aromatic carbocycles. The smallest absolute Gasteiger partial charge is 0.128 e. The summed E-state index contributed by atoms with van der Waals surface area (Å²) in [5.41, 5.74) is 4.83. The Labute approximate surface area is 280 Å². The highest BCUT2D eigenvalue weighted by molar-refractivity contribution is 6.01. The Hall–Kier alpha value is -3.81. The second kappa shape index (κ2) is 19.0. The van der Waals surface area contributed by atoms with Crippen molar-refractivity contribution in [3.8, 4) is 11.5 Å². The van der Waals surface area contributed by atoms with Crippen molar-refractivity contribution in [1.29, 1.82) is 0 Å². The molecule has 46 heavy (non-hydrogen) atoms. The van der Waals surface area contributed by atoms with E-state index in [1.54, 1.807) is 7.11 Å². The summed E-state index contributed by atoms with van der Waals surface area (Å²) < 4.78 is 12.5. The van der Waals surface area contributed by atoms with Crippen molar-refractivity contribution in [1.82, 2.24) is 0 Å². The molecule has 3 heteroatoms. The fourth-order valence-electron chi connectivity index (χ4n) is 5.94. The number of nitrogens with zero attached hydrogens (tertiary/aromatic N) is 1. The molecule has 0 aliphatic carbocycles. The van der Waals surface area contributed by atoms with Gasteiger partial charge in [-0.15, -0.1) is 0 Å². The number of aliphatic imine (C=N–C) groups is 1. The second-order valence-corrected chi connectivity index (χ2v) is 12.7. The van der Waals surface area contributed by atoms with Crippen LogP contribution in [-0.2, 0) is 0 Å². The highest BCUT2D eigenvalue weighted by atomic mass is 16.5. The maximum atomic E-state index is 6.80. The molecule has 0 radical (unpaired) electrons. The van der Waals surface area contributed by atoms with E-state index in [-0.39, 0.29) is 5.41 Å². The average Bonchev–Trinajstić information content (AvgIpc) is 3.09. The van der Waals surface area contributed by atoms with Gasteiger partial charge in [-0.25, -0.2) is 4.99 Å². The van der Waals surface area contributed by atoms with Crippen LogP contribution >= 0.6 is 0 Å². The van der Waals surface area contributed by atoms with Gasteiger partial charge in [-0.3, -0.25) is 0 Å². The van der Waals surface area contributed by atoms with Crippen LogP contribution < -0.4 is 9.47 Å². The highest BCUT2D eigenvalue weighted by Crippen LogP contribution is 2.38. The molecule has 0 aromatic heterocycles. The molecule has 0 N–H and O–H groups in total. The van der Waals surface area contributed by atoms with E-state index in [0.717, 1.165) is 46.7 Å². The zero-order valence-electron chi connectivity index (χ0n) is 29.7. The molecule has 0 aliphatic rings. The van der Waals surface area contributed by atoms with E-state index in [0.29, 0.717) is 24.4 Å². The van der Waals surface area contributed by atoms with Crippen molar-refractivity contribution < 1.29 is 9.47 Å². The number of hydrogen-bond donors (Lipinski definition) is 0. The molecule has 0 fully saturated rings. The Morgan fingerprint density at radius 2 is 1.54 bits per heavy atom. The summed E-state index contributed by atoms with van der Waals surface area (Å²) in [5, 5.41) is 0. The van der Waals surface area contributed by atoms with E-state index in [2.05, 4.69) is 103 Å². The van der Waals surface area contributed by atoms with E-state index in [9.17, 15) is 0 Å². The third-order valence-corrected chi connectivity index (χ3v) is 9.27. The summed E-state index contributed by atoms with van der Waals surface area (Å²) in [4.78, 5) is 4.80. The number of rotatable bonds is 18. The topological polar surface area (TPSA) is 30.8 Å². The summed E-state index contributed by atoms with van der Waals surface area (Å²) in [5.74, 6) is 6.53. The summed E-state index contributed by atoms with van der Waals surface area (Å²) >= 11 is 0. The van der Waals surface area contributed by atoms with Gasteiger partial charge in [0.2, 0.25) is 0 Å². The quantitative estimate of drug-likeness (QED) is 0.105. The van der Waals surface area contributed by atoms with Gasteiger partial charge in [-0.05, 0) is 84.3 Å². The highest BCUT2D eigenvalue weighted by Gasteiger charge is 2.30. The van der Waals surface area contributed by atoms with Crippen LogP contribution in [-0.4, -0.2) is 19.6 Å². The lowest BCUT2D eigenvalue weighted by Gasteiger charge is -2.32. The van der Waals surface area contributed by atoms with E-state index in [4.69, 9.17) is 14.5 Å². The number of allylic oxidation sites excluding steroid dienone is 2. The van der Waals surface area contributed by atoms with Gasteiger partial charge in [-0.2, -0.15) is 0 Å². The number of hydrogen-bond acceptors (Lipinski definition) is 3. The SMILES string of the molecule is CC/C=C\C(/C=C\CC)(COc1ccc(OC)cc1C(=C=Nc1ccccc1)c1ccc(C(C)C(CC)CCCC)cc1)C(C)C. The first-order valence-corrected chi connectivity index (χ1v) is 17.5. The van der Waals surface area contributed by atoms with Crippen molar-refractivity contribution >= 4 is 17.1 Å². The molecule has 0 bridgehead atoms. The van der Waals surface area contributed by atoms with E-state index in [1.807, 2.05) is 48.5 Å². The molecule has 0 amide bonds. The minimum atomic E-state index is -0.226. The van der Waals surface area contributed by atoms with Crippen LogP contribution in [0.2, 0.25) is 0 Å². The molecule has 2 atom stereocenters. The largest absolute Gasteiger partial charge is 0.497 e. The molecule has 0 aliphatic heterocycles. The van der Waals surface area contributed by atoms with Crippen LogP contribution in [0.4, 0.5) is 5.69 Å². The Morgan fingerprint density at radius 3 is 2.11 bits per heavy atom. The van der Waals surface area contributed by atoms with Crippen LogP contribution in [0.5, 0.6) is 11.5 Å². The number of benzene rings is 3. The van der Waals surface area contributed by atoms with Crippen LogP contribution in [0.3, 0.4) is 0 Å². The molecule has 0 saturated heterocycles. The van der Waals surface area contributed by atoms with E-state index in [1.165, 1.54) is 31.2 Å². The summed E-state index contributed by atoms with van der Waals surface area (Å²) in [7, 11) is 1.70. The molecule has 2 unspecified atom stereocenters. The molecule has 3 rings (SSSR count). The molecular weight excluding hydrogens is 562 g/mol.